The number of amides is 1. The molecular weight excluding hydrogens is 386 g/mol. The standard InChI is InChI=1S/C22H23N3O3S/c1-24-18(14-17(23-24)15-7-5-4-6-8-15)21(26)25-11-12-29-22(25)16-9-10-19(27-2)20(13-16)28-3/h4-10,13-14,22H,11-12H2,1-3H3. The third kappa shape index (κ3) is 3.70. The highest BCUT2D eigenvalue weighted by molar-refractivity contribution is 7.99. The van der Waals surface area contributed by atoms with Crippen molar-refractivity contribution >= 4 is 17.7 Å². The molecule has 4 rings (SSSR count). The van der Waals surface area contributed by atoms with Crippen LogP contribution in [0.25, 0.3) is 11.3 Å². The number of hydrogen-bond acceptors (Lipinski definition) is 5. The molecule has 1 aromatic heterocycles. The number of rotatable bonds is 5. The third-order valence-electron chi connectivity index (χ3n) is 5.01. The Balaban J connectivity index is 1.63. The zero-order valence-corrected chi connectivity index (χ0v) is 17.5. The van der Waals surface area contributed by atoms with Crippen LogP contribution in [0.3, 0.4) is 0 Å². The van der Waals surface area contributed by atoms with Crippen molar-refractivity contribution in [2.75, 3.05) is 26.5 Å². The van der Waals surface area contributed by atoms with Gasteiger partial charge in [0.1, 0.15) is 11.1 Å². The highest BCUT2D eigenvalue weighted by atomic mass is 32.2. The number of thioether (sulfide) groups is 1. The SMILES string of the molecule is COc1ccc(C2SCCN2C(=O)c2cc(-c3ccccc3)nn2C)cc1OC. The van der Waals surface area contributed by atoms with E-state index in [9.17, 15) is 4.79 Å². The van der Waals surface area contributed by atoms with Crippen molar-refractivity contribution in [1.82, 2.24) is 14.7 Å². The molecule has 150 valence electrons. The maximum absolute atomic E-state index is 13.4. The number of hydrogen-bond donors (Lipinski definition) is 0. The first-order chi connectivity index (χ1) is 14.1. The molecule has 3 aromatic rings. The topological polar surface area (TPSA) is 56.6 Å². The van der Waals surface area contributed by atoms with Crippen LogP contribution in [0.2, 0.25) is 0 Å². The number of carbonyl (C=O) groups excluding carboxylic acids is 1. The molecule has 2 heterocycles. The summed E-state index contributed by atoms with van der Waals surface area (Å²) in [6, 6.07) is 17.6. The van der Waals surface area contributed by atoms with Crippen LogP contribution in [0.1, 0.15) is 21.4 Å². The third-order valence-corrected chi connectivity index (χ3v) is 6.27. The van der Waals surface area contributed by atoms with Crippen molar-refractivity contribution < 1.29 is 14.3 Å². The van der Waals surface area contributed by atoms with Crippen molar-refractivity contribution in [3.63, 3.8) is 0 Å². The van der Waals surface area contributed by atoms with Gasteiger partial charge in [0.25, 0.3) is 5.91 Å². The van der Waals surface area contributed by atoms with Gasteiger partial charge in [0.2, 0.25) is 0 Å². The highest BCUT2D eigenvalue weighted by Gasteiger charge is 2.33. The van der Waals surface area contributed by atoms with Crippen LogP contribution < -0.4 is 9.47 Å². The number of aromatic nitrogens is 2. The molecule has 1 atom stereocenters. The van der Waals surface area contributed by atoms with E-state index >= 15 is 0 Å². The van der Waals surface area contributed by atoms with Gasteiger partial charge in [-0.05, 0) is 23.8 Å². The van der Waals surface area contributed by atoms with Gasteiger partial charge in [-0.3, -0.25) is 9.48 Å². The van der Waals surface area contributed by atoms with E-state index in [1.165, 1.54) is 0 Å². The number of carbonyl (C=O) groups is 1. The lowest BCUT2D eigenvalue weighted by Gasteiger charge is -2.24. The number of aryl methyl sites for hydroxylation is 1. The first-order valence-corrected chi connectivity index (χ1v) is 10.4. The Morgan fingerprint density at radius 3 is 2.55 bits per heavy atom. The van der Waals surface area contributed by atoms with Crippen molar-refractivity contribution in [3.8, 4) is 22.8 Å². The molecule has 0 spiro atoms. The van der Waals surface area contributed by atoms with Crippen LogP contribution in [-0.2, 0) is 7.05 Å². The van der Waals surface area contributed by atoms with E-state index in [4.69, 9.17) is 9.47 Å². The molecule has 0 bridgehead atoms. The predicted molar refractivity (Wildman–Crippen MR) is 114 cm³/mol. The predicted octanol–water partition coefficient (Wildman–Crippen LogP) is 3.99. The molecule has 2 aromatic carbocycles. The second-order valence-corrected chi connectivity index (χ2v) is 7.93. The average Bonchev–Trinajstić information content (AvgIpc) is 3.40. The first kappa shape index (κ1) is 19.4. The summed E-state index contributed by atoms with van der Waals surface area (Å²) in [5, 5.41) is 4.48. The lowest BCUT2D eigenvalue weighted by atomic mass is 10.1. The van der Waals surface area contributed by atoms with Crippen molar-refractivity contribution in [1.29, 1.82) is 0 Å². The summed E-state index contributed by atoms with van der Waals surface area (Å²) in [7, 11) is 5.05. The summed E-state index contributed by atoms with van der Waals surface area (Å²) in [6.45, 7) is 0.689. The van der Waals surface area contributed by atoms with Crippen molar-refractivity contribution in [3.05, 3.63) is 65.9 Å². The van der Waals surface area contributed by atoms with E-state index in [-0.39, 0.29) is 11.3 Å². The minimum absolute atomic E-state index is 0.0213. The summed E-state index contributed by atoms with van der Waals surface area (Å²) in [6.07, 6.45) is 0. The zero-order chi connectivity index (χ0) is 20.4. The molecule has 6 nitrogen and oxygen atoms in total. The van der Waals surface area contributed by atoms with Gasteiger partial charge >= 0.3 is 0 Å². The Morgan fingerprint density at radius 1 is 1.07 bits per heavy atom. The molecule has 1 aliphatic heterocycles. The van der Waals surface area contributed by atoms with E-state index in [2.05, 4.69) is 5.10 Å². The Hall–Kier alpha value is -2.93. The molecule has 1 aliphatic rings. The number of nitrogens with zero attached hydrogens (tertiary/aromatic N) is 3. The van der Waals surface area contributed by atoms with Gasteiger partial charge in [0.15, 0.2) is 11.5 Å². The maximum Gasteiger partial charge on any atom is 0.273 e. The monoisotopic (exact) mass is 409 g/mol. The van der Waals surface area contributed by atoms with E-state index in [0.29, 0.717) is 23.7 Å². The molecule has 0 radical (unpaired) electrons. The lowest BCUT2D eigenvalue weighted by Crippen LogP contribution is -2.31. The van der Waals surface area contributed by atoms with E-state index in [1.807, 2.05) is 66.5 Å². The Bertz CT molecular complexity index is 1020. The maximum atomic E-state index is 13.4. The van der Waals surface area contributed by atoms with Crippen molar-refractivity contribution in [2.45, 2.75) is 5.37 Å². The Kier molecular flexibility index (Phi) is 5.49. The van der Waals surface area contributed by atoms with E-state index in [0.717, 1.165) is 22.6 Å². The summed E-state index contributed by atoms with van der Waals surface area (Å²) in [4.78, 5) is 15.3. The summed E-state index contributed by atoms with van der Waals surface area (Å²) >= 11 is 1.75. The van der Waals surface area contributed by atoms with Crippen LogP contribution in [-0.4, -0.2) is 47.1 Å². The van der Waals surface area contributed by atoms with Crippen LogP contribution >= 0.6 is 11.8 Å². The molecule has 1 saturated heterocycles. The van der Waals surface area contributed by atoms with Crippen LogP contribution in [0.4, 0.5) is 0 Å². The van der Waals surface area contributed by atoms with Gasteiger partial charge in [0.05, 0.1) is 19.9 Å². The van der Waals surface area contributed by atoms with Gasteiger partial charge in [-0.1, -0.05) is 36.4 Å². The quantitative estimate of drug-likeness (QED) is 0.638. The molecule has 0 aliphatic carbocycles. The molecule has 7 heteroatoms. The smallest absolute Gasteiger partial charge is 0.273 e. The largest absolute Gasteiger partial charge is 0.493 e. The molecule has 1 unspecified atom stereocenters. The van der Waals surface area contributed by atoms with E-state index < -0.39 is 0 Å². The normalized spacial score (nSPS) is 16.1. The highest BCUT2D eigenvalue weighted by Crippen LogP contribution is 2.41. The summed E-state index contributed by atoms with van der Waals surface area (Å²) < 4.78 is 12.4. The number of benzene rings is 2. The molecule has 0 saturated carbocycles. The molecule has 1 fully saturated rings. The minimum Gasteiger partial charge on any atom is -0.493 e. The second kappa shape index (κ2) is 8.21. The average molecular weight is 410 g/mol. The molecule has 1 amide bonds. The molecule has 0 N–H and O–H groups in total. The van der Waals surface area contributed by atoms with Crippen molar-refractivity contribution in [2.24, 2.45) is 7.05 Å². The molecule has 29 heavy (non-hydrogen) atoms. The van der Waals surface area contributed by atoms with Crippen LogP contribution in [0.5, 0.6) is 11.5 Å². The fourth-order valence-corrected chi connectivity index (χ4v) is 4.77. The fraction of sp³-hybridized carbons (Fsp3) is 0.273. The van der Waals surface area contributed by atoms with E-state index in [1.54, 1.807) is 30.7 Å². The van der Waals surface area contributed by atoms with Gasteiger partial charge in [-0.15, -0.1) is 11.8 Å². The zero-order valence-electron chi connectivity index (χ0n) is 16.7. The Morgan fingerprint density at radius 2 is 1.83 bits per heavy atom. The fourth-order valence-electron chi connectivity index (χ4n) is 3.53. The minimum atomic E-state index is -0.0719. The van der Waals surface area contributed by atoms with Crippen LogP contribution in [0.15, 0.2) is 54.6 Å². The lowest BCUT2D eigenvalue weighted by molar-refractivity contribution is 0.0749. The van der Waals surface area contributed by atoms with Gasteiger partial charge in [0, 0.05) is 24.9 Å². The first-order valence-electron chi connectivity index (χ1n) is 9.36. The number of ether oxygens (including phenoxy) is 2. The second-order valence-electron chi connectivity index (χ2n) is 6.74. The van der Waals surface area contributed by atoms with Gasteiger partial charge < -0.3 is 14.4 Å². The Labute approximate surface area is 174 Å². The van der Waals surface area contributed by atoms with Gasteiger partial charge in [-0.25, -0.2) is 0 Å². The summed E-state index contributed by atoms with van der Waals surface area (Å²) in [5.74, 6) is 2.20. The van der Waals surface area contributed by atoms with Crippen LogP contribution in [0, 0.1) is 0 Å². The summed E-state index contributed by atoms with van der Waals surface area (Å²) in [5.41, 5.74) is 3.39. The van der Waals surface area contributed by atoms with Gasteiger partial charge in [-0.2, -0.15) is 5.10 Å². The molecular formula is C22H23N3O3S. The number of methoxy groups -OCH3 is 2.